The molecule has 1 aromatic carbocycles. The second-order valence-electron chi connectivity index (χ2n) is 7.34. The molecule has 2 atom stereocenters. The zero-order valence-corrected chi connectivity index (χ0v) is 16.7. The number of nitrogens with one attached hydrogen (secondary N) is 3. The van der Waals surface area contributed by atoms with Gasteiger partial charge in [0.25, 0.3) is 0 Å². The summed E-state index contributed by atoms with van der Waals surface area (Å²) >= 11 is 0. The van der Waals surface area contributed by atoms with Crippen molar-refractivity contribution < 1.29 is 14.3 Å². The van der Waals surface area contributed by atoms with Crippen LogP contribution in [0.5, 0.6) is 0 Å². The van der Waals surface area contributed by atoms with Gasteiger partial charge in [0.15, 0.2) is 5.96 Å². The number of guanidine groups is 1. The van der Waals surface area contributed by atoms with Crippen molar-refractivity contribution in [3.8, 4) is 0 Å². The van der Waals surface area contributed by atoms with Crippen molar-refractivity contribution in [1.82, 2.24) is 10.6 Å². The summed E-state index contributed by atoms with van der Waals surface area (Å²) in [5.41, 5.74) is 2.06. The van der Waals surface area contributed by atoms with E-state index in [0.29, 0.717) is 18.9 Å². The van der Waals surface area contributed by atoms with Crippen LogP contribution in [0.15, 0.2) is 29.3 Å². The number of amides is 1. The van der Waals surface area contributed by atoms with Crippen LogP contribution in [-0.4, -0.2) is 57.9 Å². The number of para-hydroxylation sites is 1. The van der Waals surface area contributed by atoms with Gasteiger partial charge in [-0.1, -0.05) is 18.2 Å². The highest BCUT2D eigenvalue weighted by molar-refractivity contribution is 5.94. The number of ether oxygens (including phenoxy) is 2. The Balaban J connectivity index is 1.43. The van der Waals surface area contributed by atoms with Gasteiger partial charge in [-0.25, -0.2) is 0 Å². The molecule has 3 rings (SSSR count). The smallest absolute Gasteiger partial charge is 0.225 e. The molecular formula is C21H32N4O3. The standard InChI is InChI=1S/C21H32N4O3/c1-2-22-21(23-9-5-10-27-14-16-8-11-28-15-16)24-13-17-12-20(26)25-19-7-4-3-6-18(17)19/h3-4,6-7,16-17H,2,5,8-15H2,1H3,(H,25,26)(H2,22,23,24). The van der Waals surface area contributed by atoms with Gasteiger partial charge in [0.05, 0.1) is 19.8 Å². The first-order valence-electron chi connectivity index (χ1n) is 10.3. The van der Waals surface area contributed by atoms with Gasteiger partial charge < -0.3 is 25.4 Å². The quantitative estimate of drug-likeness (QED) is 0.343. The third kappa shape index (κ3) is 6.21. The lowest BCUT2D eigenvalue weighted by Gasteiger charge is -2.24. The van der Waals surface area contributed by atoms with Gasteiger partial charge in [-0.2, -0.15) is 0 Å². The molecule has 2 aliphatic heterocycles. The van der Waals surface area contributed by atoms with E-state index in [1.165, 1.54) is 0 Å². The molecule has 2 heterocycles. The van der Waals surface area contributed by atoms with Crippen molar-refractivity contribution in [2.24, 2.45) is 10.9 Å². The molecule has 7 heteroatoms. The fraction of sp³-hybridized carbons (Fsp3) is 0.619. The molecule has 1 aromatic rings. The summed E-state index contributed by atoms with van der Waals surface area (Å²) in [6, 6.07) is 7.97. The molecule has 28 heavy (non-hydrogen) atoms. The molecule has 0 aliphatic carbocycles. The average Bonchev–Trinajstić information content (AvgIpc) is 3.21. The molecule has 154 valence electrons. The van der Waals surface area contributed by atoms with Gasteiger partial charge in [-0.15, -0.1) is 0 Å². The van der Waals surface area contributed by atoms with Crippen molar-refractivity contribution in [3.05, 3.63) is 29.8 Å². The van der Waals surface area contributed by atoms with Crippen LogP contribution in [0.4, 0.5) is 5.69 Å². The lowest BCUT2D eigenvalue weighted by atomic mass is 9.91. The summed E-state index contributed by atoms with van der Waals surface area (Å²) in [7, 11) is 0. The predicted octanol–water partition coefficient (Wildman–Crippen LogP) is 2.11. The van der Waals surface area contributed by atoms with Crippen LogP contribution in [0.3, 0.4) is 0 Å². The van der Waals surface area contributed by atoms with Gasteiger partial charge in [-0.05, 0) is 31.4 Å². The number of nitrogens with zero attached hydrogens (tertiary/aromatic N) is 1. The lowest BCUT2D eigenvalue weighted by Crippen LogP contribution is -2.38. The van der Waals surface area contributed by atoms with Crippen molar-refractivity contribution in [1.29, 1.82) is 0 Å². The van der Waals surface area contributed by atoms with Crippen molar-refractivity contribution >= 4 is 17.6 Å². The molecule has 1 saturated heterocycles. The van der Waals surface area contributed by atoms with Crippen LogP contribution in [0, 0.1) is 5.92 Å². The molecule has 2 aliphatic rings. The van der Waals surface area contributed by atoms with Crippen LogP contribution >= 0.6 is 0 Å². The number of carbonyl (C=O) groups is 1. The van der Waals surface area contributed by atoms with E-state index in [4.69, 9.17) is 14.5 Å². The lowest BCUT2D eigenvalue weighted by molar-refractivity contribution is -0.116. The zero-order valence-electron chi connectivity index (χ0n) is 16.7. The minimum atomic E-state index is 0.0571. The maximum absolute atomic E-state index is 12.0. The summed E-state index contributed by atoms with van der Waals surface area (Å²) in [4.78, 5) is 16.7. The Morgan fingerprint density at radius 1 is 1.36 bits per heavy atom. The second kappa shape index (κ2) is 11.0. The molecule has 1 amide bonds. The van der Waals surface area contributed by atoms with E-state index in [1.807, 2.05) is 25.1 Å². The van der Waals surface area contributed by atoms with E-state index in [0.717, 1.165) is 69.6 Å². The van der Waals surface area contributed by atoms with E-state index < -0.39 is 0 Å². The molecule has 2 unspecified atom stereocenters. The van der Waals surface area contributed by atoms with E-state index in [2.05, 4.69) is 22.0 Å². The highest BCUT2D eigenvalue weighted by Gasteiger charge is 2.24. The Bertz CT molecular complexity index is 659. The first kappa shape index (κ1) is 20.6. The fourth-order valence-electron chi connectivity index (χ4n) is 3.55. The summed E-state index contributed by atoms with van der Waals surface area (Å²) < 4.78 is 11.1. The van der Waals surface area contributed by atoms with E-state index in [9.17, 15) is 4.79 Å². The summed E-state index contributed by atoms with van der Waals surface area (Å²) in [6.45, 7) is 7.45. The molecule has 1 fully saturated rings. The third-order valence-electron chi connectivity index (χ3n) is 5.06. The predicted molar refractivity (Wildman–Crippen MR) is 111 cm³/mol. The van der Waals surface area contributed by atoms with Gasteiger partial charge in [0, 0.05) is 50.2 Å². The van der Waals surface area contributed by atoms with E-state index in [-0.39, 0.29) is 11.8 Å². The van der Waals surface area contributed by atoms with Gasteiger partial charge >= 0.3 is 0 Å². The SMILES string of the molecule is CCNC(=NCC1CC(=O)Nc2ccccc21)NCCCOCC1CCOC1. The van der Waals surface area contributed by atoms with Crippen molar-refractivity contribution in [3.63, 3.8) is 0 Å². The number of benzene rings is 1. The van der Waals surface area contributed by atoms with Crippen LogP contribution in [0.2, 0.25) is 0 Å². The van der Waals surface area contributed by atoms with Gasteiger partial charge in [0.2, 0.25) is 5.91 Å². The van der Waals surface area contributed by atoms with E-state index >= 15 is 0 Å². The number of rotatable bonds is 9. The Kier molecular flexibility index (Phi) is 8.11. The molecule has 7 nitrogen and oxygen atoms in total. The number of hydrogen-bond acceptors (Lipinski definition) is 4. The maximum atomic E-state index is 12.0. The highest BCUT2D eigenvalue weighted by atomic mass is 16.5. The summed E-state index contributed by atoms with van der Waals surface area (Å²) in [5, 5.41) is 9.57. The van der Waals surface area contributed by atoms with Crippen molar-refractivity contribution in [2.45, 2.75) is 32.1 Å². The monoisotopic (exact) mass is 388 g/mol. The Hall–Kier alpha value is -2.12. The van der Waals surface area contributed by atoms with Crippen LogP contribution in [0.25, 0.3) is 0 Å². The van der Waals surface area contributed by atoms with Crippen LogP contribution in [-0.2, 0) is 14.3 Å². The minimum Gasteiger partial charge on any atom is -0.381 e. The first-order chi connectivity index (χ1) is 13.8. The first-order valence-corrected chi connectivity index (χ1v) is 10.3. The summed E-state index contributed by atoms with van der Waals surface area (Å²) in [5.74, 6) is 1.51. The van der Waals surface area contributed by atoms with Crippen LogP contribution in [0.1, 0.15) is 37.7 Å². The minimum absolute atomic E-state index is 0.0571. The Labute approximate surface area is 167 Å². The average molecular weight is 389 g/mol. The number of hydrogen-bond donors (Lipinski definition) is 3. The van der Waals surface area contributed by atoms with Crippen LogP contribution < -0.4 is 16.0 Å². The molecule has 0 saturated carbocycles. The van der Waals surface area contributed by atoms with Crippen molar-refractivity contribution in [2.75, 3.05) is 51.4 Å². The fourth-order valence-corrected chi connectivity index (χ4v) is 3.55. The second-order valence-corrected chi connectivity index (χ2v) is 7.34. The number of aliphatic imine (C=N–C) groups is 1. The molecule has 0 bridgehead atoms. The number of anilines is 1. The third-order valence-corrected chi connectivity index (χ3v) is 5.06. The topological polar surface area (TPSA) is 84.0 Å². The maximum Gasteiger partial charge on any atom is 0.225 e. The van der Waals surface area contributed by atoms with E-state index in [1.54, 1.807) is 0 Å². The highest BCUT2D eigenvalue weighted by Crippen LogP contribution is 2.31. The Morgan fingerprint density at radius 2 is 2.25 bits per heavy atom. The normalized spacial score (nSPS) is 21.9. The van der Waals surface area contributed by atoms with Gasteiger partial charge in [-0.3, -0.25) is 9.79 Å². The molecule has 0 aromatic heterocycles. The Morgan fingerprint density at radius 3 is 3.07 bits per heavy atom. The largest absolute Gasteiger partial charge is 0.381 e. The molecule has 3 N–H and O–H groups in total. The zero-order chi connectivity index (χ0) is 19.6. The summed E-state index contributed by atoms with van der Waals surface area (Å²) in [6.07, 6.45) is 2.50. The number of carbonyl (C=O) groups excluding carboxylic acids is 1. The molecule has 0 spiro atoms. The molecular weight excluding hydrogens is 356 g/mol. The molecule has 0 radical (unpaired) electrons. The number of fused-ring (bicyclic) bond motifs is 1. The van der Waals surface area contributed by atoms with Gasteiger partial charge in [0.1, 0.15) is 0 Å².